The summed E-state index contributed by atoms with van der Waals surface area (Å²) >= 11 is 5.75. The minimum Gasteiger partial charge on any atom is -0.471 e. The van der Waals surface area contributed by atoms with Crippen LogP contribution in [0.3, 0.4) is 0 Å². The lowest BCUT2D eigenvalue weighted by Crippen LogP contribution is -2.05. The molecule has 8 heteroatoms. The Bertz CT molecular complexity index is 954. The highest BCUT2D eigenvalue weighted by Crippen LogP contribution is 2.31. The van der Waals surface area contributed by atoms with E-state index in [4.69, 9.17) is 21.1 Å². The molecule has 134 valence electrons. The van der Waals surface area contributed by atoms with Gasteiger partial charge in [-0.05, 0) is 30.7 Å². The van der Waals surface area contributed by atoms with Crippen LogP contribution in [0.2, 0.25) is 5.15 Å². The van der Waals surface area contributed by atoms with Gasteiger partial charge in [-0.1, -0.05) is 23.7 Å². The highest BCUT2D eigenvalue weighted by atomic mass is 35.5. The lowest BCUT2D eigenvalue weighted by Gasteiger charge is -2.12. The molecule has 0 fully saturated rings. The normalized spacial score (nSPS) is 10.7. The van der Waals surface area contributed by atoms with Crippen LogP contribution in [-0.4, -0.2) is 9.97 Å². The van der Waals surface area contributed by atoms with E-state index >= 15 is 0 Å². The minimum absolute atomic E-state index is 0.143. The second-order valence-corrected chi connectivity index (χ2v) is 5.70. The third-order valence-electron chi connectivity index (χ3n) is 3.41. The first-order valence-electron chi connectivity index (χ1n) is 7.46. The summed E-state index contributed by atoms with van der Waals surface area (Å²) < 4.78 is 52.3. The summed E-state index contributed by atoms with van der Waals surface area (Å²) in [6, 6.07) is 8.41. The number of aromatic nitrogens is 2. The largest absolute Gasteiger partial charge is 0.471 e. The second kappa shape index (κ2) is 7.61. The van der Waals surface area contributed by atoms with Gasteiger partial charge in [-0.3, -0.25) is 0 Å². The summed E-state index contributed by atoms with van der Waals surface area (Å²) in [7, 11) is 0. The van der Waals surface area contributed by atoms with Crippen molar-refractivity contribution >= 4 is 11.6 Å². The number of pyridine rings is 2. The van der Waals surface area contributed by atoms with Gasteiger partial charge >= 0.3 is 0 Å². The summed E-state index contributed by atoms with van der Waals surface area (Å²) in [5.74, 6) is -3.12. The van der Waals surface area contributed by atoms with Gasteiger partial charge in [0.05, 0.1) is 0 Å². The van der Waals surface area contributed by atoms with Crippen LogP contribution < -0.4 is 9.47 Å². The SMILES string of the molecule is Cc1c(F)c(OCc2cccc(F)c2)nc(Oc2ccnc(Cl)c2)c1F. The van der Waals surface area contributed by atoms with E-state index in [9.17, 15) is 13.2 Å². The maximum Gasteiger partial charge on any atom is 0.259 e. The zero-order valence-corrected chi connectivity index (χ0v) is 14.2. The van der Waals surface area contributed by atoms with E-state index in [0.29, 0.717) is 5.56 Å². The molecular formula is C18H12ClF3N2O2. The smallest absolute Gasteiger partial charge is 0.259 e. The number of hydrogen-bond donors (Lipinski definition) is 0. The van der Waals surface area contributed by atoms with E-state index < -0.39 is 29.2 Å². The van der Waals surface area contributed by atoms with Crippen LogP contribution >= 0.6 is 11.6 Å². The van der Waals surface area contributed by atoms with E-state index in [1.165, 1.54) is 43.5 Å². The number of rotatable bonds is 5. The van der Waals surface area contributed by atoms with Crippen LogP contribution in [0.4, 0.5) is 13.2 Å². The quantitative estimate of drug-likeness (QED) is 0.569. The van der Waals surface area contributed by atoms with Gasteiger partial charge in [-0.2, -0.15) is 4.98 Å². The maximum atomic E-state index is 14.3. The third-order valence-corrected chi connectivity index (χ3v) is 3.62. The van der Waals surface area contributed by atoms with Gasteiger partial charge in [-0.15, -0.1) is 0 Å². The van der Waals surface area contributed by atoms with Gasteiger partial charge in [0.15, 0.2) is 11.6 Å². The van der Waals surface area contributed by atoms with Crippen molar-refractivity contribution in [2.24, 2.45) is 0 Å². The van der Waals surface area contributed by atoms with Crippen molar-refractivity contribution in [3.63, 3.8) is 0 Å². The average Bonchev–Trinajstić information content (AvgIpc) is 2.61. The number of ether oxygens (including phenoxy) is 2. The molecule has 4 nitrogen and oxygen atoms in total. The predicted octanol–water partition coefficient (Wildman–Crippen LogP) is 5.23. The molecule has 0 unspecified atom stereocenters. The van der Waals surface area contributed by atoms with Gasteiger partial charge in [0.1, 0.15) is 23.3 Å². The van der Waals surface area contributed by atoms with Gasteiger partial charge in [0, 0.05) is 17.8 Å². The monoisotopic (exact) mass is 380 g/mol. The van der Waals surface area contributed by atoms with Crippen molar-refractivity contribution in [1.82, 2.24) is 9.97 Å². The lowest BCUT2D eigenvalue weighted by atomic mass is 10.2. The number of nitrogens with zero attached hydrogens (tertiary/aromatic N) is 2. The Hall–Kier alpha value is -2.80. The van der Waals surface area contributed by atoms with Gasteiger partial charge in [0.2, 0.25) is 0 Å². The molecule has 0 radical (unpaired) electrons. The summed E-state index contributed by atoms with van der Waals surface area (Å²) in [5, 5.41) is 0.143. The molecule has 26 heavy (non-hydrogen) atoms. The van der Waals surface area contributed by atoms with Crippen LogP contribution in [0.1, 0.15) is 11.1 Å². The Morgan fingerprint density at radius 1 is 1.04 bits per heavy atom. The molecule has 0 spiro atoms. The molecular weight excluding hydrogens is 369 g/mol. The van der Waals surface area contributed by atoms with Crippen LogP contribution in [0.25, 0.3) is 0 Å². The Balaban J connectivity index is 1.87. The highest BCUT2D eigenvalue weighted by molar-refractivity contribution is 6.29. The third kappa shape index (κ3) is 4.05. The van der Waals surface area contributed by atoms with E-state index in [2.05, 4.69) is 9.97 Å². The van der Waals surface area contributed by atoms with Crippen LogP contribution in [0.5, 0.6) is 17.5 Å². The average molecular weight is 381 g/mol. The fourth-order valence-electron chi connectivity index (χ4n) is 2.11. The zero-order valence-electron chi connectivity index (χ0n) is 13.5. The van der Waals surface area contributed by atoms with Crippen molar-refractivity contribution in [1.29, 1.82) is 0 Å². The summed E-state index contributed by atoms with van der Waals surface area (Å²) in [5.41, 5.74) is 0.154. The molecule has 0 saturated carbocycles. The standard InChI is InChI=1S/C18H12ClF3N2O2/c1-10-15(21)17(25-9-11-3-2-4-12(20)7-11)24-18(16(10)22)26-13-5-6-23-14(19)8-13/h2-8H,9H2,1H3. The molecule has 0 aliphatic heterocycles. The molecule has 0 saturated heterocycles. The van der Waals surface area contributed by atoms with Crippen molar-refractivity contribution in [2.45, 2.75) is 13.5 Å². The molecule has 0 bridgehead atoms. The summed E-state index contributed by atoms with van der Waals surface area (Å²) in [4.78, 5) is 7.52. The Morgan fingerprint density at radius 2 is 1.81 bits per heavy atom. The predicted molar refractivity (Wildman–Crippen MR) is 88.9 cm³/mol. The number of benzene rings is 1. The molecule has 0 atom stereocenters. The first-order chi connectivity index (χ1) is 12.4. The van der Waals surface area contributed by atoms with E-state index in [0.717, 1.165) is 0 Å². The van der Waals surface area contributed by atoms with Crippen molar-refractivity contribution < 1.29 is 22.6 Å². The second-order valence-electron chi connectivity index (χ2n) is 5.31. The fourth-order valence-corrected chi connectivity index (χ4v) is 2.27. The van der Waals surface area contributed by atoms with Crippen molar-refractivity contribution in [3.05, 3.63) is 76.3 Å². The van der Waals surface area contributed by atoms with Crippen LogP contribution in [0, 0.1) is 24.4 Å². The molecule has 2 aromatic heterocycles. The van der Waals surface area contributed by atoms with Gasteiger partial charge in [0.25, 0.3) is 11.8 Å². The van der Waals surface area contributed by atoms with Crippen molar-refractivity contribution in [3.8, 4) is 17.5 Å². The highest BCUT2D eigenvalue weighted by Gasteiger charge is 2.20. The molecule has 0 aliphatic rings. The zero-order chi connectivity index (χ0) is 18.7. The minimum atomic E-state index is -0.964. The van der Waals surface area contributed by atoms with Crippen LogP contribution in [-0.2, 0) is 6.61 Å². The lowest BCUT2D eigenvalue weighted by molar-refractivity contribution is 0.268. The number of halogens is 4. The summed E-state index contributed by atoms with van der Waals surface area (Å²) in [6.45, 7) is 1.08. The van der Waals surface area contributed by atoms with E-state index in [1.54, 1.807) is 6.07 Å². The van der Waals surface area contributed by atoms with Gasteiger partial charge in [-0.25, -0.2) is 18.2 Å². The Morgan fingerprint density at radius 3 is 2.54 bits per heavy atom. The molecule has 3 aromatic rings. The topological polar surface area (TPSA) is 44.2 Å². The molecule has 0 amide bonds. The van der Waals surface area contributed by atoms with E-state index in [1.807, 2.05) is 0 Å². The molecule has 0 N–H and O–H groups in total. The Kier molecular flexibility index (Phi) is 5.27. The fraction of sp³-hybridized carbons (Fsp3) is 0.111. The number of hydrogen-bond acceptors (Lipinski definition) is 4. The van der Waals surface area contributed by atoms with Crippen LogP contribution in [0.15, 0.2) is 42.6 Å². The summed E-state index contributed by atoms with van der Waals surface area (Å²) in [6.07, 6.45) is 1.37. The first-order valence-corrected chi connectivity index (χ1v) is 7.84. The van der Waals surface area contributed by atoms with E-state index in [-0.39, 0.29) is 23.1 Å². The van der Waals surface area contributed by atoms with Crippen molar-refractivity contribution in [2.75, 3.05) is 0 Å². The first kappa shape index (κ1) is 18.0. The molecule has 3 rings (SSSR count). The molecule has 0 aliphatic carbocycles. The van der Waals surface area contributed by atoms with Gasteiger partial charge < -0.3 is 9.47 Å². The Labute approximate surface area is 152 Å². The molecule has 2 heterocycles. The maximum absolute atomic E-state index is 14.3. The molecule has 1 aromatic carbocycles.